The van der Waals surface area contributed by atoms with Crippen molar-refractivity contribution in [2.75, 3.05) is 19.6 Å². The number of hydrogen-bond donors (Lipinski definition) is 0. The SMILES string of the molecule is O=C(CN(Cc1ccc(F)cc1)C1CC1)N1CCCCC1. The second-order valence-electron chi connectivity index (χ2n) is 6.20. The van der Waals surface area contributed by atoms with Crippen molar-refractivity contribution in [2.45, 2.75) is 44.7 Å². The number of carbonyl (C=O) groups is 1. The first kappa shape index (κ1) is 14.5. The summed E-state index contributed by atoms with van der Waals surface area (Å²) >= 11 is 0. The third-order valence-electron chi connectivity index (χ3n) is 4.41. The largest absolute Gasteiger partial charge is 0.342 e. The monoisotopic (exact) mass is 290 g/mol. The molecular weight excluding hydrogens is 267 g/mol. The van der Waals surface area contributed by atoms with Gasteiger partial charge in [-0.3, -0.25) is 9.69 Å². The lowest BCUT2D eigenvalue weighted by Crippen LogP contribution is -2.43. The van der Waals surface area contributed by atoms with Crippen molar-refractivity contribution in [3.05, 3.63) is 35.6 Å². The van der Waals surface area contributed by atoms with E-state index in [1.807, 2.05) is 17.0 Å². The smallest absolute Gasteiger partial charge is 0.236 e. The molecule has 1 saturated heterocycles. The van der Waals surface area contributed by atoms with E-state index in [0.29, 0.717) is 12.6 Å². The molecule has 4 heteroatoms. The Hall–Kier alpha value is -1.42. The van der Waals surface area contributed by atoms with E-state index in [-0.39, 0.29) is 11.7 Å². The molecule has 0 unspecified atom stereocenters. The van der Waals surface area contributed by atoms with E-state index in [9.17, 15) is 9.18 Å². The first-order valence-electron chi connectivity index (χ1n) is 7.98. The summed E-state index contributed by atoms with van der Waals surface area (Å²) in [6.07, 6.45) is 5.86. The first-order chi connectivity index (χ1) is 10.2. The molecule has 0 aromatic heterocycles. The van der Waals surface area contributed by atoms with E-state index in [1.165, 1.54) is 31.4 Å². The zero-order valence-electron chi connectivity index (χ0n) is 12.4. The molecule has 1 aromatic carbocycles. The number of nitrogens with zero attached hydrogens (tertiary/aromatic N) is 2. The molecule has 114 valence electrons. The first-order valence-corrected chi connectivity index (χ1v) is 7.98. The number of piperidine rings is 1. The number of likely N-dealkylation sites (tertiary alicyclic amines) is 1. The fourth-order valence-electron chi connectivity index (χ4n) is 3.00. The Morgan fingerprint density at radius 2 is 1.81 bits per heavy atom. The van der Waals surface area contributed by atoms with Gasteiger partial charge < -0.3 is 4.90 Å². The molecular formula is C17H23FN2O. The second kappa shape index (κ2) is 6.56. The summed E-state index contributed by atoms with van der Waals surface area (Å²) in [6.45, 7) is 3.06. The summed E-state index contributed by atoms with van der Waals surface area (Å²) in [7, 11) is 0. The minimum atomic E-state index is -0.207. The Morgan fingerprint density at radius 3 is 2.43 bits per heavy atom. The van der Waals surface area contributed by atoms with Crippen molar-refractivity contribution in [2.24, 2.45) is 0 Å². The van der Waals surface area contributed by atoms with Gasteiger partial charge in [0.1, 0.15) is 5.82 Å². The number of halogens is 1. The quantitative estimate of drug-likeness (QED) is 0.832. The van der Waals surface area contributed by atoms with Crippen LogP contribution in [0.3, 0.4) is 0 Å². The van der Waals surface area contributed by atoms with Crippen molar-refractivity contribution >= 4 is 5.91 Å². The molecule has 0 N–H and O–H groups in total. The highest BCUT2D eigenvalue weighted by atomic mass is 19.1. The zero-order valence-corrected chi connectivity index (χ0v) is 12.4. The van der Waals surface area contributed by atoms with Gasteiger partial charge in [-0.05, 0) is 49.8 Å². The second-order valence-corrected chi connectivity index (χ2v) is 6.20. The van der Waals surface area contributed by atoms with Crippen molar-refractivity contribution in [3.63, 3.8) is 0 Å². The van der Waals surface area contributed by atoms with Crippen LogP contribution in [0.5, 0.6) is 0 Å². The summed E-state index contributed by atoms with van der Waals surface area (Å²) in [6, 6.07) is 7.15. The highest BCUT2D eigenvalue weighted by Crippen LogP contribution is 2.28. The minimum Gasteiger partial charge on any atom is -0.342 e. The number of benzene rings is 1. The van der Waals surface area contributed by atoms with Crippen LogP contribution in [0.15, 0.2) is 24.3 Å². The van der Waals surface area contributed by atoms with Crippen LogP contribution in [0, 0.1) is 5.82 Å². The number of carbonyl (C=O) groups excluding carboxylic acids is 1. The predicted octanol–water partition coefficient (Wildman–Crippen LogP) is 2.80. The lowest BCUT2D eigenvalue weighted by Gasteiger charge is -2.30. The maximum Gasteiger partial charge on any atom is 0.236 e. The number of rotatable bonds is 5. The highest BCUT2D eigenvalue weighted by Gasteiger charge is 2.31. The fourth-order valence-corrected chi connectivity index (χ4v) is 3.00. The summed E-state index contributed by atoms with van der Waals surface area (Å²) in [5.41, 5.74) is 1.08. The average molecular weight is 290 g/mol. The molecule has 1 heterocycles. The Labute approximate surface area is 125 Å². The Kier molecular flexibility index (Phi) is 4.54. The standard InChI is InChI=1S/C17H23FN2O/c18-15-6-4-14(5-7-15)12-20(16-8-9-16)13-17(21)19-10-2-1-3-11-19/h4-7,16H,1-3,8-13H2. The van der Waals surface area contributed by atoms with Crippen LogP contribution in [-0.4, -0.2) is 41.4 Å². The third kappa shape index (κ3) is 4.03. The van der Waals surface area contributed by atoms with E-state index in [0.717, 1.165) is 38.0 Å². The van der Waals surface area contributed by atoms with E-state index in [1.54, 1.807) is 0 Å². The maximum absolute atomic E-state index is 13.0. The van der Waals surface area contributed by atoms with E-state index < -0.39 is 0 Å². The summed E-state index contributed by atoms with van der Waals surface area (Å²) in [5, 5.41) is 0. The van der Waals surface area contributed by atoms with Crippen LogP contribution in [0.4, 0.5) is 4.39 Å². The van der Waals surface area contributed by atoms with Crippen molar-refractivity contribution in [1.29, 1.82) is 0 Å². The molecule has 2 aliphatic rings. The molecule has 0 bridgehead atoms. The van der Waals surface area contributed by atoms with Gasteiger partial charge in [0.05, 0.1) is 6.54 Å². The van der Waals surface area contributed by atoms with Gasteiger partial charge in [-0.1, -0.05) is 12.1 Å². The van der Waals surface area contributed by atoms with Gasteiger partial charge in [0.2, 0.25) is 5.91 Å². The van der Waals surface area contributed by atoms with Gasteiger partial charge in [-0.25, -0.2) is 4.39 Å². The van der Waals surface area contributed by atoms with Crippen LogP contribution in [0.25, 0.3) is 0 Å². The van der Waals surface area contributed by atoms with Crippen LogP contribution < -0.4 is 0 Å². The maximum atomic E-state index is 13.0. The van der Waals surface area contributed by atoms with Gasteiger partial charge in [-0.15, -0.1) is 0 Å². The molecule has 1 aliphatic carbocycles. The molecule has 3 rings (SSSR count). The van der Waals surface area contributed by atoms with Crippen molar-refractivity contribution in [1.82, 2.24) is 9.80 Å². The molecule has 1 aliphatic heterocycles. The Balaban J connectivity index is 1.59. The van der Waals surface area contributed by atoms with E-state index in [4.69, 9.17) is 0 Å². The molecule has 21 heavy (non-hydrogen) atoms. The normalized spacial score (nSPS) is 19.0. The summed E-state index contributed by atoms with van der Waals surface area (Å²) in [4.78, 5) is 16.7. The highest BCUT2D eigenvalue weighted by molar-refractivity contribution is 5.78. The topological polar surface area (TPSA) is 23.6 Å². The number of hydrogen-bond acceptors (Lipinski definition) is 2. The molecule has 1 aromatic rings. The average Bonchev–Trinajstić information content (AvgIpc) is 3.34. The minimum absolute atomic E-state index is 0.207. The van der Waals surface area contributed by atoms with E-state index in [2.05, 4.69) is 4.90 Å². The lowest BCUT2D eigenvalue weighted by molar-refractivity contribution is -0.133. The van der Waals surface area contributed by atoms with Gasteiger partial charge in [0.15, 0.2) is 0 Å². The molecule has 0 atom stereocenters. The molecule has 0 spiro atoms. The molecule has 3 nitrogen and oxygen atoms in total. The van der Waals surface area contributed by atoms with Crippen LogP contribution >= 0.6 is 0 Å². The molecule has 1 amide bonds. The van der Waals surface area contributed by atoms with Crippen LogP contribution in [-0.2, 0) is 11.3 Å². The summed E-state index contributed by atoms with van der Waals surface area (Å²) in [5.74, 6) is 0.0461. The van der Waals surface area contributed by atoms with Crippen LogP contribution in [0.2, 0.25) is 0 Å². The van der Waals surface area contributed by atoms with Crippen LogP contribution in [0.1, 0.15) is 37.7 Å². The Morgan fingerprint density at radius 1 is 1.14 bits per heavy atom. The lowest BCUT2D eigenvalue weighted by atomic mass is 10.1. The van der Waals surface area contributed by atoms with Gasteiger partial charge >= 0.3 is 0 Å². The molecule has 1 saturated carbocycles. The third-order valence-corrected chi connectivity index (χ3v) is 4.41. The molecule has 0 radical (unpaired) electrons. The number of amides is 1. The van der Waals surface area contributed by atoms with Gasteiger partial charge in [0, 0.05) is 25.7 Å². The summed E-state index contributed by atoms with van der Waals surface area (Å²) < 4.78 is 13.0. The van der Waals surface area contributed by atoms with Crippen molar-refractivity contribution in [3.8, 4) is 0 Å². The molecule has 2 fully saturated rings. The van der Waals surface area contributed by atoms with Crippen molar-refractivity contribution < 1.29 is 9.18 Å². The van der Waals surface area contributed by atoms with Gasteiger partial charge in [0.25, 0.3) is 0 Å². The van der Waals surface area contributed by atoms with E-state index >= 15 is 0 Å². The van der Waals surface area contributed by atoms with Gasteiger partial charge in [-0.2, -0.15) is 0 Å². The predicted molar refractivity (Wildman–Crippen MR) is 80.3 cm³/mol. The zero-order chi connectivity index (χ0) is 14.7. The fraction of sp³-hybridized carbons (Fsp3) is 0.588. The Bertz CT molecular complexity index is 478.